The molecule has 0 aliphatic carbocycles. The van der Waals surface area contributed by atoms with Gasteiger partial charge in [-0.1, -0.05) is 18.7 Å². The van der Waals surface area contributed by atoms with Crippen LogP contribution in [-0.4, -0.2) is 46.8 Å². The Labute approximate surface area is 92.3 Å². The molecule has 0 aromatic rings. The van der Waals surface area contributed by atoms with Crippen molar-refractivity contribution < 1.29 is 9.59 Å². The summed E-state index contributed by atoms with van der Waals surface area (Å²) in [5, 5.41) is 4.26. The van der Waals surface area contributed by atoms with E-state index < -0.39 is 6.04 Å². The van der Waals surface area contributed by atoms with E-state index in [0.717, 1.165) is 11.7 Å². The summed E-state index contributed by atoms with van der Waals surface area (Å²) in [5.74, 6) is -0.294. The highest BCUT2D eigenvalue weighted by atomic mass is 32.2. The summed E-state index contributed by atoms with van der Waals surface area (Å²) in [4.78, 5) is 28.2. The number of hydrogen-bond acceptors (Lipinski definition) is 5. The van der Waals surface area contributed by atoms with E-state index in [-0.39, 0.29) is 18.2 Å². The molecule has 0 aromatic heterocycles. The van der Waals surface area contributed by atoms with Gasteiger partial charge in [-0.2, -0.15) is 0 Å². The third-order valence-electron chi connectivity index (χ3n) is 2.48. The van der Waals surface area contributed by atoms with E-state index in [1.807, 2.05) is 0 Å². The van der Waals surface area contributed by atoms with Gasteiger partial charge in [0.1, 0.15) is 6.04 Å². The normalized spacial score (nSPS) is 31.1. The number of imide groups is 1. The van der Waals surface area contributed by atoms with Crippen LogP contribution in [0.15, 0.2) is 4.99 Å². The minimum Gasteiger partial charge on any atom is -0.353 e. The molecule has 2 aliphatic heterocycles. The Hall–Kier alpha value is -1.04. The number of amides is 2. The van der Waals surface area contributed by atoms with Gasteiger partial charge in [-0.25, -0.2) is 0 Å². The van der Waals surface area contributed by atoms with Crippen molar-refractivity contribution in [2.75, 3.05) is 13.6 Å². The minimum atomic E-state index is -0.418. The van der Waals surface area contributed by atoms with Crippen LogP contribution >= 0.6 is 11.8 Å². The van der Waals surface area contributed by atoms with Gasteiger partial charge in [-0.05, 0) is 0 Å². The van der Waals surface area contributed by atoms with Crippen molar-refractivity contribution in [1.82, 2.24) is 10.2 Å². The fourth-order valence-corrected chi connectivity index (χ4v) is 2.46. The third kappa shape index (κ3) is 1.99. The highest BCUT2D eigenvalue weighted by Crippen LogP contribution is 2.20. The number of carbonyl (C=O) groups excluding carboxylic acids is 2. The molecule has 2 aliphatic rings. The predicted octanol–water partition coefficient (Wildman–Crippen LogP) is -0.175. The lowest BCUT2D eigenvalue weighted by Gasteiger charge is -2.11. The summed E-state index contributed by atoms with van der Waals surface area (Å²) >= 11 is 1.61. The maximum absolute atomic E-state index is 11.6. The monoisotopic (exact) mass is 227 g/mol. The molecular weight excluding hydrogens is 214 g/mol. The molecule has 2 amide bonds. The van der Waals surface area contributed by atoms with Crippen molar-refractivity contribution in [3.63, 3.8) is 0 Å². The van der Waals surface area contributed by atoms with Crippen molar-refractivity contribution in [3.05, 3.63) is 0 Å². The van der Waals surface area contributed by atoms with E-state index in [1.54, 1.807) is 11.8 Å². The molecule has 0 saturated carbocycles. The summed E-state index contributed by atoms with van der Waals surface area (Å²) in [5.41, 5.74) is 0. The van der Waals surface area contributed by atoms with E-state index in [2.05, 4.69) is 17.2 Å². The first kappa shape index (κ1) is 10.5. The number of rotatable bonds is 1. The molecule has 15 heavy (non-hydrogen) atoms. The molecule has 6 heteroatoms. The smallest absolute Gasteiger partial charge is 0.251 e. The molecule has 1 N–H and O–H groups in total. The third-order valence-corrected chi connectivity index (χ3v) is 3.51. The van der Waals surface area contributed by atoms with E-state index in [4.69, 9.17) is 0 Å². The second-order valence-corrected chi connectivity index (χ2v) is 5.19. The molecule has 1 saturated heterocycles. The molecule has 0 bridgehead atoms. The SMILES string of the molecule is CC1CN=C(NC2CC(=O)N(C)C2=O)S1. The highest BCUT2D eigenvalue weighted by Gasteiger charge is 2.37. The number of thioether (sulfide) groups is 1. The number of nitrogens with one attached hydrogen (secondary N) is 1. The quantitative estimate of drug-likeness (QED) is 0.631. The van der Waals surface area contributed by atoms with Crippen LogP contribution in [0.25, 0.3) is 0 Å². The Bertz CT molecular complexity index is 342. The second-order valence-electron chi connectivity index (χ2n) is 3.77. The summed E-state index contributed by atoms with van der Waals surface area (Å²) in [6.07, 6.45) is 0.239. The first-order valence-corrected chi connectivity index (χ1v) is 5.74. The molecule has 0 spiro atoms. The van der Waals surface area contributed by atoms with E-state index in [1.165, 1.54) is 11.9 Å². The van der Waals surface area contributed by atoms with Crippen molar-refractivity contribution in [2.45, 2.75) is 24.6 Å². The summed E-state index contributed by atoms with van der Waals surface area (Å²) in [7, 11) is 1.51. The van der Waals surface area contributed by atoms with Gasteiger partial charge in [-0.15, -0.1) is 0 Å². The van der Waals surface area contributed by atoms with Gasteiger partial charge in [0.25, 0.3) is 5.91 Å². The molecule has 82 valence electrons. The van der Waals surface area contributed by atoms with Crippen molar-refractivity contribution in [1.29, 1.82) is 0 Å². The van der Waals surface area contributed by atoms with Crippen LogP contribution < -0.4 is 5.32 Å². The summed E-state index contributed by atoms with van der Waals surface area (Å²) < 4.78 is 0. The zero-order chi connectivity index (χ0) is 11.0. The minimum absolute atomic E-state index is 0.130. The Kier molecular flexibility index (Phi) is 2.68. The molecule has 2 atom stereocenters. The number of aliphatic imine (C=N–C) groups is 1. The lowest BCUT2D eigenvalue weighted by Crippen LogP contribution is -2.39. The lowest BCUT2D eigenvalue weighted by atomic mass is 10.2. The average Bonchev–Trinajstić information content (AvgIpc) is 2.68. The topological polar surface area (TPSA) is 61.8 Å². The van der Waals surface area contributed by atoms with Crippen LogP contribution in [0.2, 0.25) is 0 Å². The van der Waals surface area contributed by atoms with Gasteiger partial charge in [-0.3, -0.25) is 19.5 Å². The van der Waals surface area contributed by atoms with Crippen molar-refractivity contribution in [2.24, 2.45) is 4.99 Å². The standard InChI is InChI=1S/C9H13N3O2S/c1-5-4-10-9(15-5)11-6-3-7(13)12(2)8(6)14/h5-6H,3-4H2,1-2H3,(H,10,11). The fraction of sp³-hybridized carbons (Fsp3) is 0.667. The Morgan fingerprint density at radius 3 is 2.73 bits per heavy atom. The predicted molar refractivity (Wildman–Crippen MR) is 58.7 cm³/mol. The van der Waals surface area contributed by atoms with Gasteiger partial charge in [0, 0.05) is 12.3 Å². The van der Waals surface area contributed by atoms with Crippen LogP contribution in [0.1, 0.15) is 13.3 Å². The molecule has 0 aromatic carbocycles. The second kappa shape index (κ2) is 3.84. The molecule has 0 radical (unpaired) electrons. The Balaban J connectivity index is 1.96. The lowest BCUT2D eigenvalue weighted by molar-refractivity contribution is -0.137. The van der Waals surface area contributed by atoms with E-state index in [0.29, 0.717) is 5.25 Å². The largest absolute Gasteiger partial charge is 0.353 e. The van der Waals surface area contributed by atoms with Crippen LogP contribution in [0, 0.1) is 0 Å². The number of likely N-dealkylation sites (tertiary alicyclic amines) is 1. The van der Waals surface area contributed by atoms with Gasteiger partial charge in [0.15, 0.2) is 5.17 Å². The molecule has 2 rings (SSSR count). The molecular formula is C9H13N3O2S. The average molecular weight is 227 g/mol. The summed E-state index contributed by atoms with van der Waals surface area (Å²) in [6.45, 7) is 2.86. The van der Waals surface area contributed by atoms with Crippen molar-refractivity contribution >= 4 is 28.7 Å². The number of likely N-dealkylation sites (N-methyl/N-ethyl adjacent to an activating group) is 1. The zero-order valence-corrected chi connectivity index (χ0v) is 9.50. The number of amidine groups is 1. The maximum atomic E-state index is 11.6. The highest BCUT2D eigenvalue weighted by molar-refractivity contribution is 8.14. The molecule has 1 fully saturated rings. The van der Waals surface area contributed by atoms with Gasteiger partial charge in [0.2, 0.25) is 5.91 Å². The Morgan fingerprint density at radius 1 is 1.53 bits per heavy atom. The molecule has 5 nitrogen and oxygen atoms in total. The maximum Gasteiger partial charge on any atom is 0.251 e. The molecule has 2 unspecified atom stereocenters. The van der Waals surface area contributed by atoms with Gasteiger partial charge >= 0.3 is 0 Å². The van der Waals surface area contributed by atoms with Gasteiger partial charge < -0.3 is 5.32 Å². The van der Waals surface area contributed by atoms with Crippen LogP contribution in [-0.2, 0) is 9.59 Å². The van der Waals surface area contributed by atoms with Crippen LogP contribution in [0.5, 0.6) is 0 Å². The first-order valence-electron chi connectivity index (χ1n) is 4.86. The summed E-state index contributed by atoms with van der Waals surface area (Å²) in [6, 6.07) is -0.418. The molecule has 2 heterocycles. The van der Waals surface area contributed by atoms with E-state index >= 15 is 0 Å². The number of nitrogens with zero attached hydrogens (tertiary/aromatic N) is 2. The van der Waals surface area contributed by atoms with Crippen LogP contribution in [0.4, 0.5) is 0 Å². The number of carbonyl (C=O) groups is 2. The van der Waals surface area contributed by atoms with Crippen LogP contribution in [0.3, 0.4) is 0 Å². The van der Waals surface area contributed by atoms with Gasteiger partial charge in [0.05, 0.1) is 13.0 Å². The first-order chi connectivity index (χ1) is 7.08. The van der Waals surface area contributed by atoms with Crippen molar-refractivity contribution in [3.8, 4) is 0 Å². The fourth-order valence-electron chi connectivity index (χ4n) is 1.57. The zero-order valence-electron chi connectivity index (χ0n) is 8.69. The van der Waals surface area contributed by atoms with E-state index in [9.17, 15) is 9.59 Å². The Morgan fingerprint density at radius 2 is 2.27 bits per heavy atom. The number of hydrogen-bond donors (Lipinski definition) is 1.